The molecule has 24 heavy (non-hydrogen) atoms. The van der Waals surface area contributed by atoms with Gasteiger partial charge in [-0.1, -0.05) is 48.5 Å². The summed E-state index contributed by atoms with van der Waals surface area (Å²) in [7, 11) is 0. The molecule has 0 saturated carbocycles. The molecule has 1 heterocycles. The smallest absolute Gasteiger partial charge is 0.277 e. The van der Waals surface area contributed by atoms with E-state index in [1.807, 2.05) is 61.5 Å². The quantitative estimate of drug-likeness (QED) is 0.655. The highest BCUT2D eigenvalue weighted by molar-refractivity contribution is 7.99. The van der Waals surface area contributed by atoms with Crippen LogP contribution in [0.2, 0.25) is 0 Å². The molecule has 0 saturated heterocycles. The van der Waals surface area contributed by atoms with Crippen molar-refractivity contribution in [1.82, 2.24) is 4.98 Å². The highest BCUT2D eigenvalue weighted by Crippen LogP contribution is 2.35. The molecule has 1 atom stereocenters. The Morgan fingerprint density at radius 2 is 1.88 bits per heavy atom. The maximum absolute atomic E-state index is 12.1. The van der Waals surface area contributed by atoms with Gasteiger partial charge in [0.1, 0.15) is 0 Å². The topological polar surface area (TPSA) is 77.8 Å². The first-order chi connectivity index (χ1) is 11.6. The van der Waals surface area contributed by atoms with Gasteiger partial charge < -0.3 is 10.1 Å². The van der Waals surface area contributed by atoms with E-state index in [2.05, 4.69) is 15.2 Å². The minimum absolute atomic E-state index is 0.0858. The van der Waals surface area contributed by atoms with Crippen molar-refractivity contribution in [2.45, 2.75) is 17.9 Å². The zero-order valence-electron chi connectivity index (χ0n) is 13.1. The predicted molar refractivity (Wildman–Crippen MR) is 96.7 cm³/mol. The van der Waals surface area contributed by atoms with Gasteiger partial charge in [-0.25, -0.2) is 0 Å². The molecule has 1 unspecified atom stereocenters. The van der Waals surface area contributed by atoms with E-state index < -0.39 is 0 Å². The van der Waals surface area contributed by atoms with Crippen LogP contribution in [0.15, 0.2) is 64.8 Å². The zero-order chi connectivity index (χ0) is 16.9. The van der Waals surface area contributed by atoms with Gasteiger partial charge in [0.15, 0.2) is 5.69 Å². The van der Waals surface area contributed by atoms with Gasteiger partial charge in [0.25, 0.3) is 5.91 Å². The molecule has 3 aromatic rings. The summed E-state index contributed by atoms with van der Waals surface area (Å²) in [5, 5.41) is 18.1. The molecule has 5 nitrogen and oxygen atoms in total. The van der Waals surface area contributed by atoms with Gasteiger partial charge in [-0.3, -0.25) is 4.79 Å². The molecular weight excluding hydrogens is 322 g/mol. The molecule has 0 bridgehead atoms. The number of nitrogens with zero attached hydrogens (tertiary/aromatic N) is 2. The van der Waals surface area contributed by atoms with E-state index in [-0.39, 0.29) is 17.0 Å². The van der Waals surface area contributed by atoms with Crippen molar-refractivity contribution in [2.75, 3.05) is 0 Å². The number of carbonyl (C=O) groups is 1. The number of azo groups is 1. The van der Waals surface area contributed by atoms with Gasteiger partial charge in [-0.05, 0) is 18.6 Å². The summed E-state index contributed by atoms with van der Waals surface area (Å²) in [5.41, 5.74) is 2.20. The molecular formula is C18H17N3O2S. The molecule has 6 heteroatoms. The minimum Gasteiger partial charge on any atom is -0.493 e. The maximum Gasteiger partial charge on any atom is 0.277 e. The molecule has 1 aromatic heterocycles. The van der Waals surface area contributed by atoms with Gasteiger partial charge in [0.05, 0.1) is 10.8 Å². The number of aromatic hydroxyl groups is 1. The fraction of sp³-hybridized carbons (Fsp3) is 0.167. The van der Waals surface area contributed by atoms with Gasteiger partial charge in [-0.15, -0.1) is 22.0 Å². The Labute approximate surface area is 143 Å². The first-order valence-electron chi connectivity index (χ1n) is 7.56. The number of carbonyl (C=O) groups excluding carboxylic acids is 1. The first kappa shape index (κ1) is 16.3. The van der Waals surface area contributed by atoms with Crippen LogP contribution in [0.4, 0.5) is 5.69 Å². The largest absolute Gasteiger partial charge is 0.493 e. The number of aromatic nitrogens is 1. The number of thioether (sulfide) groups is 1. The molecule has 2 N–H and O–H groups in total. The number of aromatic amines is 1. The molecule has 3 rings (SSSR count). The van der Waals surface area contributed by atoms with Crippen molar-refractivity contribution < 1.29 is 9.90 Å². The summed E-state index contributed by atoms with van der Waals surface area (Å²) in [6.45, 7) is 1.81. The van der Waals surface area contributed by atoms with E-state index in [4.69, 9.17) is 0 Å². The molecule has 0 aliphatic carbocycles. The van der Waals surface area contributed by atoms with Gasteiger partial charge >= 0.3 is 0 Å². The average molecular weight is 339 g/mol. The van der Waals surface area contributed by atoms with Crippen molar-refractivity contribution in [3.8, 4) is 5.88 Å². The molecule has 1 amide bonds. The molecule has 0 fully saturated rings. The second kappa shape index (κ2) is 7.31. The lowest BCUT2D eigenvalue weighted by Crippen LogP contribution is -2.09. The van der Waals surface area contributed by atoms with E-state index in [9.17, 15) is 9.90 Å². The molecule has 0 aliphatic heterocycles. The van der Waals surface area contributed by atoms with Crippen LogP contribution in [-0.4, -0.2) is 21.2 Å². The molecule has 0 aliphatic rings. The van der Waals surface area contributed by atoms with Gasteiger partial charge in [0, 0.05) is 11.1 Å². The highest BCUT2D eigenvalue weighted by atomic mass is 32.2. The lowest BCUT2D eigenvalue weighted by molar-refractivity contribution is -0.117. The number of nitrogens with one attached hydrogen (secondary N) is 1. The molecule has 2 aromatic carbocycles. The fourth-order valence-electron chi connectivity index (χ4n) is 2.26. The van der Waals surface area contributed by atoms with Crippen LogP contribution in [0.5, 0.6) is 5.88 Å². The second-order valence-electron chi connectivity index (χ2n) is 5.34. The average Bonchev–Trinajstić information content (AvgIpc) is 2.93. The lowest BCUT2D eigenvalue weighted by Gasteiger charge is -2.06. The van der Waals surface area contributed by atoms with Crippen molar-refractivity contribution >= 4 is 34.3 Å². The predicted octanol–water partition coefficient (Wildman–Crippen LogP) is 4.81. The number of hydrogen-bond acceptors (Lipinski definition) is 4. The Kier molecular flexibility index (Phi) is 4.96. The minimum atomic E-state index is -0.319. The third-order valence-corrected chi connectivity index (χ3v) is 4.80. The maximum atomic E-state index is 12.1. The number of amides is 1. The monoisotopic (exact) mass is 339 g/mol. The normalized spacial score (nSPS) is 12.7. The van der Waals surface area contributed by atoms with E-state index in [0.29, 0.717) is 5.69 Å². The van der Waals surface area contributed by atoms with E-state index in [0.717, 1.165) is 22.2 Å². The standard InChI is InChI=1S/C18H17N3O2S/c1-12(24-11-13-7-3-2-4-8-13)17(22)21-20-16-14-9-5-6-10-15(14)19-18(16)23/h2-10,12,19,23H,11H2,1H3. The second-order valence-corrected chi connectivity index (χ2v) is 6.67. The Morgan fingerprint density at radius 3 is 2.67 bits per heavy atom. The number of hydrogen-bond donors (Lipinski definition) is 2. The summed E-state index contributed by atoms with van der Waals surface area (Å²) in [5.74, 6) is 0.333. The van der Waals surface area contributed by atoms with Crippen LogP contribution in [0, 0.1) is 0 Å². The molecule has 122 valence electrons. The number of rotatable bonds is 5. The van der Waals surface area contributed by atoms with E-state index in [1.54, 1.807) is 0 Å². The van der Waals surface area contributed by atoms with Crippen molar-refractivity contribution in [3.05, 3.63) is 60.2 Å². The lowest BCUT2D eigenvalue weighted by atomic mass is 10.2. The van der Waals surface area contributed by atoms with Crippen LogP contribution >= 0.6 is 11.8 Å². The Balaban J connectivity index is 1.67. The third-order valence-electron chi connectivity index (χ3n) is 3.60. The highest BCUT2D eigenvalue weighted by Gasteiger charge is 2.15. The number of para-hydroxylation sites is 1. The van der Waals surface area contributed by atoms with Gasteiger partial charge in [-0.2, -0.15) is 0 Å². The van der Waals surface area contributed by atoms with Crippen LogP contribution < -0.4 is 0 Å². The fourth-order valence-corrected chi connectivity index (χ4v) is 3.09. The summed E-state index contributed by atoms with van der Waals surface area (Å²) in [6, 6.07) is 17.3. The summed E-state index contributed by atoms with van der Waals surface area (Å²) in [6.07, 6.45) is 0. The van der Waals surface area contributed by atoms with Crippen molar-refractivity contribution in [2.24, 2.45) is 10.2 Å². The zero-order valence-corrected chi connectivity index (χ0v) is 14.0. The van der Waals surface area contributed by atoms with Gasteiger partial charge in [0.2, 0.25) is 5.88 Å². The van der Waals surface area contributed by atoms with E-state index in [1.165, 1.54) is 11.8 Å². The third kappa shape index (κ3) is 3.65. The van der Waals surface area contributed by atoms with Crippen LogP contribution in [-0.2, 0) is 10.5 Å². The van der Waals surface area contributed by atoms with Crippen LogP contribution in [0.25, 0.3) is 10.9 Å². The molecule has 0 spiro atoms. The number of benzene rings is 2. The summed E-state index contributed by atoms with van der Waals surface area (Å²) >= 11 is 1.51. The molecule has 0 radical (unpaired) electrons. The van der Waals surface area contributed by atoms with Crippen molar-refractivity contribution in [1.29, 1.82) is 0 Å². The number of H-pyrrole nitrogens is 1. The Bertz CT molecular complexity index is 874. The number of fused-ring (bicyclic) bond motifs is 1. The first-order valence-corrected chi connectivity index (χ1v) is 8.61. The van der Waals surface area contributed by atoms with E-state index >= 15 is 0 Å². The van der Waals surface area contributed by atoms with Crippen LogP contribution in [0.1, 0.15) is 12.5 Å². The summed E-state index contributed by atoms with van der Waals surface area (Å²) < 4.78 is 0. The Hall–Kier alpha value is -2.60. The SMILES string of the molecule is CC(SCc1ccccc1)C(=O)N=Nc1c(O)[nH]c2ccccc12. The summed E-state index contributed by atoms with van der Waals surface area (Å²) in [4.78, 5) is 14.9. The van der Waals surface area contributed by atoms with Crippen molar-refractivity contribution in [3.63, 3.8) is 0 Å². The Morgan fingerprint density at radius 1 is 1.17 bits per heavy atom. The van der Waals surface area contributed by atoms with Crippen LogP contribution in [0.3, 0.4) is 0 Å².